The molecule has 0 unspecified atom stereocenters. The van der Waals surface area contributed by atoms with Crippen LogP contribution in [-0.2, 0) is 19.2 Å². The smallest absolute Gasteiger partial charge is 0.549 e. The zero-order valence-electron chi connectivity index (χ0n) is 20.7. The Kier molecular flexibility index (Phi) is 16.5. The van der Waals surface area contributed by atoms with Crippen LogP contribution in [0.25, 0.3) is 0 Å². The summed E-state index contributed by atoms with van der Waals surface area (Å²) >= 11 is 4.57. The van der Waals surface area contributed by atoms with Crippen LogP contribution >= 0.6 is 12.2 Å². The summed E-state index contributed by atoms with van der Waals surface area (Å²) in [6.07, 6.45) is 0. The molecule has 0 atom stereocenters. The third kappa shape index (κ3) is 14.3. The van der Waals surface area contributed by atoms with E-state index in [0.29, 0.717) is 24.5 Å². The van der Waals surface area contributed by atoms with Crippen molar-refractivity contribution >= 4 is 52.6 Å². The molecule has 1 aromatic carbocycles. The zero-order chi connectivity index (χ0) is 27.2. The van der Waals surface area contributed by atoms with Crippen molar-refractivity contribution in [2.75, 3.05) is 83.9 Å². The maximum atomic E-state index is 12.7. The molecule has 1 heterocycles. The molecule has 207 valence electrons. The number of isothiocyanates is 1. The Morgan fingerprint density at radius 3 is 1.37 bits per heavy atom. The standard InChI is InChI=1S/C23H32N6O7S.Gd/c30-20(25-19-3-1-18(2-4-19)24-17-37)13-26-5-7-27(14-21(31)32)9-11-29(16-23(35)36)12-10-28(8-6-26)15-22(33)34;/h1-4H,5-16H2,(H,25,30)(H,31,32)(H,33,34)(H,35,36);/q;+3/p-3. The molecule has 0 bridgehead atoms. The topological polar surface area (TPSA) is 175 Å². The maximum Gasteiger partial charge on any atom is 3.00 e. The first kappa shape index (κ1) is 34.1. The molecule has 1 aromatic rings. The Hall–Kier alpha value is -1.94. The molecule has 15 heteroatoms. The van der Waals surface area contributed by atoms with E-state index in [9.17, 15) is 34.5 Å². The van der Waals surface area contributed by atoms with Gasteiger partial charge in [0.2, 0.25) is 5.91 Å². The van der Waals surface area contributed by atoms with Crippen molar-refractivity contribution in [3.8, 4) is 0 Å². The van der Waals surface area contributed by atoms with E-state index in [1.165, 1.54) is 0 Å². The number of hydrogen-bond acceptors (Lipinski definition) is 13. The number of thiocarbonyl (C=S) groups is 1. The number of anilines is 1. The molecular weight excluding hydrogens is 662 g/mol. The van der Waals surface area contributed by atoms with Crippen LogP contribution in [0, 0.1) is 39.9 Å². The summed E-state index contributed by atoms with van der Waals surface area (Å²) in [4.78, 5) is 56.8. The number of carbonyl (C=O) groups excluding carboxylic acids is 4. The van der Waals surface area contributed by atoms with Crippen LogP contribution in [0.2, 0.25) is 0 Å². The summed E-state index contributed by atoms with van der Waals surface area (Å²) in [7, 11) is 0. The van der Waals surface area contributed by atoms with Gasteiger partial charge in [-0.3, -0.25) is 24.4 Å². The van der Waals surface area contributed by atoms with E-state index in [2.05, 4.69) is 27.7 Å². The summed E-state index contributed by atoms with van der Waals surface area (Å²) in [6, 6.07) is 6.68. The molecule has 1 radical (unpaired) electrons. The van der Waals surface area contributed by atoms with Gasteiger partial charge >= 0.3 is 39.9 Å². The van der Waals surface area contributed by atoms with Crippen LogP contribution in [0.4, 0.5) is 11.4 Å². The molecule has 1 fully saturated rings. The molecule has 1 amide bonds. The van der Waals surface area contributed by atoms with Crippen molar-refractivity contribution in [1.29, 1.82) is 0 Å². The van der Waals surface area contributed by atoms with E-state index in [0.717, 1.165) is 0 Å². The number of aliphatic carboxylic acids is 3. The molecule has 2 rings (SSSR count). The van der Waals surface area contributed by atoms with Crippen LogP contribution in [0.3, 0.4) is 0 Å². The van der Waals surface area contributed by atoms with Gasteiger partial charge in [-0.25, -0.2) is 0 Å². The van der Waals surface area contributed by atoms with Gasteiger partial charge in [-0.15, -0.1) is 0 Å². The Morgan fingerprint density at radius 1 is 0.711 bits per heavy atom. The largest absolute Gasteiger partial charge is 3.00 e. The minimum Gasteiger partial charge on any atom is -0.549 e. The molecule has 0 aromatic heterocycles. The average Bonchev–Trinajstić information content (AvgIpc) is 2.81. The van der Waals surface area contributed by atoms with Gasteiger partial charge in [0, 0.05) is 77.7 Å². The van der Waals surface area contributed by atoms with Crippen molar-refractivity contribution < 1.29 is 74.4 Å². The summed E-state index contributed by atoms with van der Waals surface area (Å²) < 4.78 is 0. The quantitative estimate of drug-likeness (QED) is 0.186. The molecule has 0 aliphatic carbocycles. The number of benzene rings is 1. The predicted molar refractivity (Wildman–Crippen MR) is 131 cm³/mol. The van der Waals surface area contributed by atoms with Crippen LogP contribution in [0.15, 0.2) is 29.3 Å². The second kappa shape index (κ2) is 18.4. The first-order valence-electron chi connectivity index (χ1n) is 11.6. The number of carboxylic acid groups (broad SMARTS) is 3. The third-order valence-electron chi connectivity index (χ3n) is 5.68. The van der Waals surface area contributed by atoms with Crippen LogP contribution in [-0.4, -0.2) is 127 Å². The molecule has 1 saturated heterocycles. The van der Waals surface area contributed by atoms with E-state index in [1.807, 2.05) is 0 Å². The van der Waals surface area contributed by atoms with E-state index in [4.69, 9.17) is 0 Å². The van der Waals surface area contributed by atoms with Crippen molar-refractivity contribution in [2.24, 2.45) is 4.99 Å². The molecule has 13 nitrogen and oxygen atoms in total. The number of hydrogen-bond donors (Lipinski definition) is 1. The minimum atomic E-state index is -1.29. The monoisotopic (exact) mass is 691 g/mol. The number of rotatable bonds is 10. The molecule has 0 saturated carbocycles. The number of carbonyl (C=O) groups is 4. The number of carboxylic acids is 3. The van der Waals surface area contributed by atoms with Gasteiger partial charge in [0.1, 0.15) is 0 Å². The van der Waals surface area contributed by atoms with Gasteiger partial charge in [-0.05, 0) is 36.5 Å². The van der Waals surface area contributed by atoms with Gasteiger partial charge in [-0.1, -0.05) is 0 Å². The number of nitrogens with zero attached hydrogens (tertiary/aromatic N) is 5. The van der Waals surface area contributed by atoms with Crippen molar-refractivity contribution in [3.05, 3.63) is 24.3 Å². The van der Waals surface area contributed by atoms with Gasteiger partial charge in [0.15, 0.2) is 0 Å². The summed E-state index contributed by atoms with van der Waals surface area (Å²) in [5.41, 5.74) is 1.14. The summed E-state index contributed by atoms with van der Waals surface area (Å²) in [6.45, 7) is 0.976. The summed E-state index contributed by atoms with van der Waals surface area (Å²) in [5, 5.41) is 38.7. The van der Waals surface area contributed by atoms with E-state index in [1.54, 1.807) is 43.9 Å². The third-order valence-corrected chi connectivity index (χ3v) is 5.77. The fraction of sp³-hybridized carbons (Fsp3) is 0.522. The fourth-order valence-corrected chi connectivity index (χ4v) is 3.94. The maximum absolute atomic E-state index is 12.7. The Balaban J connectivity index is 0.00000722. The van der Waals surface area contributed by atoms with Crippen molar-refractivity contribution in [1.82, 2.24) is 19.6 Å². The molecule has 1 N–H and O–H groups in total. The van der Waals surface area contributed by atoms with E-state index < -0.39 is 17.9 Å². The Labute approximate surface area is 258 Å². The molecule has 0 spiro atoms. The Bertz CT molecular complexity index is 961. The van der Waals surface area contributed by atoms with Crippen LogP contribution in [0.1, 0.15) is 0 Å². The van der Waals surface area contributed by atoms with Gasteiger partial charge < -0.3 is 35.0 Å². The zero-order valence-corrected chi connectivity index (χ0v) is 23.7. The summed E-state index contributed by atoms with van der Waals surface area (Å²) in [5.74, 6) is -4.15. The van der Waals surface area contributed by atoms with Crippen LogP contribution < -0.4 is 20.6 Å². The molecule has 1 aliphatic rings. The molecule has 38 heavy (non-hydrogen) atoms. The number of amides is 1. The minimum absolute atomic E-state index is 0. The predicted octanol–water partition coefficient (Wildman–Crippen LogP) is -4.17. The Morgan fingerprint density at radius 2 is 1.05 bits per heavy atom. The van der Waals surface area contributed by atoms with E-state index >= 15 is 0 Å². The van der Waals surface area contributed by atoms with Crippen molar-refractivity contribution in [2.45, 2.75) is 0 Å². The first-order chi connectivity index (χ1) is 17.6. The normalized spacial score (nSPS) is 16.6. The van der Waals surface area contributed by atoms with Crippen LogP contribution in [0.5, 0.6) is 0 Å². The van der Waals surface area contributed by atoms with Gasteiger partial charge in [0.05, 0.1) is 35.3 Å². The van der Waals surface area contributed by atoms with Gasteiger partial charge in [0.25, 0.3) is 0 Å². The SMILES string of the molecule is O=C([O-])CN1CCN(CC(=O)[O-])CCN(CC(=O)Nc2ccc(N=C=S)cc2)CCN(CC(=O)[O-])CC1.[Gd+3]. The molecular formula is C23H29GdN6O7S. The average molecular weight is 691 g/mol. The number of nitrogens with one attached hydrogen (secondary N) is 1. The second-order valence-corrected chi connectivity index (χ2v) is 8.70. The van der Waals surface area contributed by atoms with E-state index in [-0.39, 0.29) is 111 Å². The second-order valence-electron chi connectivity index (χ2n) is 8.52. The number of aliphatic imine (C=N–C) groups is 1. The molecule has 1 aliphatic heterocycles. The van der Waals surface area contributed by atoms with Crippen molar-refractivity contribution in [3.63, 3.8) is 0 Å². The fourth-order valence-electron chi connectivity index (χ4n) is 3.83. The first-order valence-corrected chi connectivity index (χ1v) is 12.0. The van der Waals surface area contributed by atoms with Gasteiger partial charge in [-0.2, -0.15) is 4.99 Å².